The summed E-state index contributed by atoms with van der Waals surface area (Å²) in [7, 11) is 0. The number of nitrogens with one attached hydrogen (secondary N) is 1. The Kier molecular flexibility index (Phi) is 9.83. The lowest BCUT2D eigenvalue weighted by atomic mass is 10.1. The Morgan fingerprint density at radius 3 is 2.42 bits per heavy atom. The summed E-state index contributed by atoms with van der Waals surface area (Å²) in [6, 6.07) is 5.77. The Hall–Kier alpha value is 0.610. The summed E-state index contributed by atoms with van der Waals surface area (Å²) in [4.78, 5) is 2.20. The van der Waals surface area contributed by atoms with Crippen LogP contribution in [0.15, 0.2) is 27.1 Å². The van der Waals surface area contributed by atoms with Gasteiger partial charge in [-0.15, -0.1) is 24.8 Å². The fourth-order valence-electron chi connectivity index (χ4n) is 2.14. The van der Waals surface area contributed by atoms with Crippen LogP contribution in [0.4, 0.5) is 4.39 Å². The third-order valence-corrected chi connectivity index (χ3v) is 4.27. The van der Waals surface area contributed by atoms with E-state index in [4.69, 9.17) is 0 Å². The minimum absolute atomic E-state index is 0. The number of alkyl halides is 1. The molecule has 0 unspecified atom stereocenters. The second kappa shape index (κ2) is 9.53. The van der Waals surface area contributed by atoms with E-state index in [2.05, 4.69) is 42.1 Å². The van der Waals surface area contributed by atoms with Gasteiger partial charge in [0.1, 0.15) is 6.67 Å². The van der Waals surface area contributed by atoms with Crippen molar-refractivity contribution < 1.29 is 4.39 Å². The van der Waals surface area contributed by atoms with E-state index in [-0.39, 0.29) is 37.5 Å². The molecule has 1 aliphatic heterocycles. The maximum absolute atomic E-state index is 13.3. The second-order valence-electron chi connectivity index (χ2n) is 4.12. The molecule has 1 aliphatic rings. The van der Waals surface area contributed by atoms with Gasteiger partial charge >= 0.3 is 0 Å². The van der Waals surface area contributed by atoms with Crippen molar-refractivity contribution in [3.05, 3.63) is 32.7 Å². The molecular formula is C12H17Br2Cl2FN2. The number of benzene rings is 1. The molecule has 0 aromatic heterocycles. The number of piperazine rings is 1. The van der Waals surface area contributed by atoms with Crippen molar-refractivity contribution in [3.63, 3.8) is 0 Å². The summed E-state index contributed by atoms with van der Waals surface area (Å²) in [6.07, 6.45) is 0. The van der Waals surface area contributed by atoms with Crippen molar-refractivity contribution in [2.45, 2.75) is 6.04 Å². The van der Waals surface area contributed by atoms with Crippen LogP contribution in [-0.2, 0) is 0 Å². The zero-order valence-corrected chi connectivity index (χ0v) is 15.0. The first-order valence-electron chi connectivity index (χ1n) is 5.68. The molecule has 1 N–H and O–H groups in total. The number of rotatable bonds is 3. The molecule has 2 nitrogen and oxygen atoms in total. The summed E-state index contributed by atoms with van der Waals surface area (Å²) in [6.45, 7) is 3.31. The standard InChI is InChI=1S/C12H15Br2FN2.2ClH/c13-9-1-2-11(14)10(7-9)12(8-15)17-5-3-16-4-6-17;;/h1-2,7,12,16H,3-6,8H2;2*1H/t12-;;/m0../s1. The monoisotopic (exact) mass is 436 g/mol. The van der Waals surface area contributed by atoms with E-state index in [0.29, 0.717) is 0 Å². The number of nitrogens with zero attached hydrogens (tertiary/aromatic N) is 1. The Morgan fingerprint density at radius 2 is 1.84 bits per heavy atom. The van der Waals surface area contributed by atoms with Crippen LogP contribution in [0.2, 0.25) is 0 Å². The summed E-state index contributed by atoms with van der Waals surface area (Å²) in [5.74, 6) is 0. The van der Waals surface area contributed by atoms with E-state index in [1.54, 1.807) is 0 Å². The molecule has 1 aromatic carbocycles. The molecule has 0 amide bonds. The van der Waals surface area contributed by atoms with Crippen molar-refractivity contribution >= 4 is 56.7 Å². The highest BCUT2D eigenvalue weighted by Crippen LogP contribution is 2.31. The summed E-state index contributed by atoms with van der Waals surface area (Å²) in [5.41, 5.74) is 1.02. The minimum Gasteiger partial charge on any atom is -0.314 e. The Morgan fingerprint density at radius 1 is 1.21 bits per heavy atom. The van der Waals surface area contributed by atoms with E-state index < -0.39 is 0 Å². The van der Waals surface area contributed by atoms with E-state index in [1.807, 2.05) is 18.2 Å². The predicted molar refractivity (Wildman–Crippen MR) is 89.5 cm³/mol. The molecule has 1 atom stereocenters. The van der Waals surface area contributed by atoms with Crippen molar-refractivity contribution in [2.24, 2.45) is 0 Å². The van der Waals surface area contributed by atoms with Gasteiger partial charge in [-0.2, -0.15) is 0 Å². The molecule has 110 valence electrons. The maximum Gasteiger partial charge on any atom is 0.109 e. The Balaban J connectivity index is 0.00000162. The van der Waals surface area contributed by atoms with Gasteiger partial charge in [-0.05, 0) is 23.8 Å². The fraction of sp³-hybridized carbons (Fsp3) is 0.500. The van der Waals surface area contributed by atoms with Crippen LogP contribution in [-0.4, -0.2) is 37.8 Å². The van der Waals surface area contributed by atoms with Gasteiger partial charge in [0.05, 0.1) is 6.04 Å². The van der Waals surface area contributed by atoms with Crippen LogP contribution in [0.25, 0.3) is 0 Å². The first-order chi connectivity index (χ1) is 8.22. The fourth-order valence-corrected chi connectivity index (χ4v) is 3.03. The minimum atomic E-state index is -0.352. The highest BCUT2D eigenvalue weighted by molar-refractivity contribution is 9.11. The normalized spacial score (nSPS) is 17.2. The van der Waals surface area contributed by atoms with Gasteiger partial charge < -0.3 is 5.32 Å². The van der Waals surface area contributed by atoms with Crippen molar-refractivity contribution in [1.29, 1.82) is 0 Å². The van der Waals surface area contributed by atoms with Crippen LogP contribution in [0, 0.1) is 0 Å². The smallest absolute Gasteiger partial charge is 0.109 e. The summed E-state index contributed by atoms with van der Waals surface area (Å²) < 4.78 is 15.3. The van der Waals surface area contributed by atoms with Crippen molar-refractivity contribution in [2.75, 3.05) is 32.9 Å². The van der Waals surface area contributed by atoms with Gasteiger partial charge in [0.25, 0.3) is 0 Å². The van der Waals surface area contributed by atoms with Gasteiger partial charge in [-0.3, -0.25) is 4.90 Å². The molecule has 0 spiro atoms. The number of halogens is 5. The van der Waals surface area contributed by atoms with Crippen LogP contribution in [0.1, 0.15) is 11.6 Å². The topological polar surface area (TPSA) is 15.3 Å². The molecule has 19 heavy (non-hydrogen) atoms. The molecule has 1 saturated heterocycles. The lowest BCUT2D eigenvalue weighted by Crippen LogP contribution is -2.45. The number of hydrogen-bond donors (Lipinski definition) is 1. The zero-order chi connectivity index (χ0) is 12.3. The summed E-state index contributed by atoms with van der Waals surface area (Å²) >= 11 is 6.95. The van der Waals surface area contributed by atoms with Gasteiger partial charge in [-0.1, -0.05) is 31.9 Å². The summed E-state index contributed by atoms with van der Waals surface area (Å²) in [5, 5.41) is 3.29. The molecule has 0 bridgehead atoms. The van der Waals surface area contributed by atoms with Crippen molar-refractivity contribution in [1.82, 2.24) is 10.2 Å². The third kappa shape index (κ3) is 5.14. The molecule has 0 saturated carbocycles. The van der Waals surface area contributed by atoms with Crippen LogP contribution in [0.3, 0.4) is 0 Å². The van der Waals surface area contributed by atoms with Gasteiger partial charge in [-0.25, -0.2) is 4.39 Å². The molecule has 0 radical (unpaired) electrons. The first kappa shape index (κ1) is 19.6. The van der Waals surface area contributed by atoms with Gasteiger partial charge in [0.2, 0.25) is 0 Å². The molecule has 0 aliphatic carbocycles. The van der Waals surface area contributed by atoms with E-state index in [1.165, 1.54) is 0 Å². The predicted octanol–water partition coefficient (Wildman–Crippen LogP) is 3.97. The molecule has 1 heterocycles. The Labute approximate surface area is 142 Å². The lowest BCUT2D eigenvalue weighted by Gasteiger charge is -2.34. The maximum atomic E-state index is 13.3. The second-order valence-corrected chi connectivity index (χ2v) is 5.89. The van der Waals surface area contributed by atoms with Crippen LogP contribution >= 0.6 is 56.7 Å². The zero-order valence-electron chi connectivity index (χ0n) is 10.2. The molecular weight excluding hydrogens is 422 g/mol. The molecule has 2 rings (SSSR count). The lowest BCUT2D eigenvalue weighted by molar-refractivity contribution is 0.147. The third-order valence-electron chi connectivity index (χ3n) is 3.06. The highest BCUT2D eigenvalue weighted by atomic mass is 79.9. The van der Waals surface area contributed by atoms with E-state index >= 15 is 0 Å². The molecule has 1 aromatic rings. The number of hydrogen-bond acceptors (Lipinski definition) is 2. The van der Waals surface area contributed by atoms with Gasteiger partial charge in [0, 0.05) is 35.1 Å². The average Bonchev–Trinajstić information content (AvgIpc) is 2.36. The Bertz CT molecular complexity index is 390. The highest BCUT2D eigenvalue weighted by Gasteiger charge is 2.23. The SMILES string of the molecule is Cl.Cl.FC[C@@H](c1cc(Br)ccc1Br)N1CCNCC1. The molecule has 1 fully saturated rings. The van der Waals surface area contributed by atoms with E-state index in [9.17, 15) is 4.39 Å². The van der Waals surface area contributed by atoms with E-state index in [0.717, 1.165) is 40.7 Å². The average molecular weight is 439 g/mol. The van der Waals surface area contributed by atoms with Crippen LogP contribution < -0.4 is 5.32 Å². The van der Waals surface area contributed by atoms with Gasteiger partial charge in [0.15, 0.2) is 0 Å². The van der Waals surface area contributed by atoms with Crippen LogP contribution in [0.5, 0.6) is 0 Å². The van der Waals surface area contributed by atoms with Crippen molar-refractivity contribution in [3.8, 4) is 0 Å². The molecule has 7 heteroatoms. The largest absolute Gasteiger partial charge is 0.314 e. The first-order valence-corrected chi connectivity index (χ1v) is 7.26. The quantitative estimate of drug-likeness (QED) is 0.768.